The first kappa shape index (κ1) is 14.3. The van der Waals surface area contributed by atoms with Gasteiger partial charge in [-0.05, 0) is 26.8 Å². The van der Waals surface area contributed by atoms with Crippen LogP contribution in [0.2, 0.25) is 0 Å². The summed E-state index contributed by atoms with van der Waals surface area (Å²) in [6.45, 7) is 7.16. The van der Waals surface area contributed by atoms with Crippen LogP contribution in [0.5, 0.6) is 0 Å². The Balaban J connectivity index is 2.33. The molecule has 1 aliphatic heterocycles. The first-order valence-electron chi connectivity index (χ1n) is 6.76. The van der Waals surface area contributed by atoms with Crippen LogP contribution in [0, 0.1) is 0 Å². The van der Waals surface area contributed by atoms with Crippen molar-refractivity contribution in [2.75, 3.05) is 25.0 Å². The third kappa shape index (κ3) is 2.45. The molecule has 0 unspecified atom stereocenters. The van der Waals surface area contributed by atoms with Crippen LogP contribution < -0.4 is 10.6 Å². The number of hydrogen-bond donors (Lipinski definition) is 2. The maximum Gasteiger partial charge on any atom is 0.258 e. The average molecular weight is 276 g/mol. The number of nitrogens with zero attached hydrogens (tertiary/aromatic N) is 2. The van der Waals surface area contributed by atoms with E-state index >= 15 is 0 Å². The highest BCUT2D eigenvalue weighted by Crippen LogP contribution is 2.23. The largest absolute Gasteiger partial charge is 0.385 e. The normalized spacial score (nSPS) is 17.6. The molecule has 0 atom stereocenters. The van der Waals surface area contributed by atoms with Gasteiger partial charge in [0.25, 0.3) is 5.91 Å². The number of nitrogens with one attached hydrogen (secondary N) is 2. The van der Waals surface area contributed by atoms with E-state index in [2.05, 4.69) is 15.6 Å². The number of carbonyl (C=O) groups excluding carboxylic acids is 2. The molecule has 2 N–H and O–H groups in total. The van der Waals surface area contributed by atoms with Gasteiger partial charge >= 0.3 is 0 Å². The minimum absolute atomic E-state index is 0.133. The Kier molecular flexibility index (Phi) is 3.92. The van der Waals surface area contributed by atoms with Crippen LogP contribution >= 0.6 is 0 Å². The van der Waals surface area contributed by atoms with Crippen molar-refractivity contribution in [2.24, 2.45) is 0 Å². The van der Waals surface area contributed by atoms with E-state index in [1.165, 1.54) is 0 Å². The van der Waals surface area contributed by atoms with E-state index in [1.807, 2.05) is 6.92 Å². The molecule has 108 valence electrons. The Morgan fingerprint density at radius 1 is 1.55 bits per heavy atom. The smallest absolute Gasteiger partial charge is 0.258 e. The Labute approximate surface area is 118 Å². The average Bonchev–Trinajstić information content (AvgIpc) is 2.42. The van der Waals surface area contributed by atoms with Gasteiger partial charge in [0.15, 0.2) is 0 Å². The molecule has 0 aliphatic carbocycles. The summed E-state index contributed by atoms with van der Waals surface area (Å²) in [5.41, 5.74) is 0.390. The van der Waals surface area contributed by atoms with E-state index in [9.17, 15) is 9.59 Å². The second-order valence-electron chi connectivity index (χ2n) is 5.22. The van der Waals surface area contributed by atoms with Gasteiger partial charge in [-0.15, -0.1) is 0 Å². The number of aromatic nitrogens is 1. The lowest BCUT2D eigenvalue weighted by Crippen LogP contribution is -2.63. The number of carbonyl (C=O) groups is 2. The lowest BCUT2D eigenvalue weighted by molar-refractivity contribution is -0.133. The first-order valence-corrected chi connectivity index (χ1v) is 6.76. The molecule has 2 heterocycles. The molecule has 1 fully saturated rings. The molecule has 0 saturated carbocycles. The number of amides is 2. The fourth-order valence-corrected chi connectivity index (χ4v) is 2.31. The number of pyridine rings is 1. The minimum Gasteiger partial charge on any atom is -0.385 e. The number of piperazine rings is 1. The summed E-state index contributed by atoms with van der Waals surface area (Å²) >= 11 is 0. The topological polar surface area (TPSA) is 74.3 Å². The van der Waals surface area contributed by atoms with E-state index in [0.717, 1.165) is 5.69 Å². The van der Waals surface area contributed by atoms with E-state index in [4.69, 9.17) is 0 Å². The molecule has 1 saturated heterocycles. The molecular formula is C14H20N4O2. The molecule has 1 aromatic rings. The van der Waals surface area contributed by atoms with Gasteiger partial charge in [0, 0.05) is 32.0 Å². The molecule has 1 aromatic heterocycles. The highest BCUT2D eigenvalue weighted by atomic mass is 16.2. The molecule has 1 aliphatic rings. The van der Waals surface area contributed by atoms with Crippen molar-refractivity contribution in [3.63, 3.8) is 0 Å². The highest BCUT2D eigenvalue weighted by Gasteiger charge is 2.41. The summed E-state index contributed by atoms with van der Waals surface area (Å²) < 4.78 is 0. The van der Waals surface area contributed by atoms with E-state index in [0.29, 0.717) is 25.2 Å². The van der Waals surface area contributed by atoms with Gasteiger partial charge in [-0.3, -0.25) is 14.6 Å². The molecule has 2 amide bonds. The summed E-state index contributed by atoms with van der Waals surface area (Å²) in [7, 11) is 0. The summed E-state index contributed by atoms with van der Waals surface area (Å²) in [5, 5.41) is 5.93. The maximum atomic E-state index is 12.7. The van der Waals surface area contributed by atoms with E-state index in [1.54, 1.807) is 37.2 Å². The molecule has 6 nitrogen and oxygen atoms in total. The molecule has 0 spiro atoms. The van der Waals surface area contributed by atoms with Crippen molar-refractivity contribution >= 4 is 17.5 Å². The lowest BCUT2D eigenvalue weighted by atomic mass is 9.97. The van der Waals surface area contributed by atoms with E-state index < -0.39 is 5.54 Å². The van der Waals surface area contributed by atoms with E-state index in [-0.39, 0.29) is 11.8 Å². The van der Waals surface area contributed by atoms with Crippen LogP contribution in [0.25, 0.3) is 0 Å². The molecule has 6 heteroatoms. The Morgan fingerprint density at radius 2 is 2.30 bits per heavy atom. The zero-order valence-electron chi connectivity index (χ0n) is 12.1. The van der Waals surface area contributed by atoms with Crippen LogP contribution in [0.4, 0.5) is 5.69 Å². The second kappa shape index (κ2) is 5.48. The molecule has 20 heavy (non-hydrogen) atoms. The van der Waals surface area contributed by atoms with Gasteiger partial charge in [-0.1, -0.05) is 0 Å². The van der Waals surface area contributed by atoms with Crippen molar-refractivity contribution in [1.82, 2.24) is 15.2 Å². The van der Waals surface area contributed by atoms with Crippen molar-refractivity contribution in [3.05, 3.63) is 24.0 Å². The minimum atomic E-state index is -0.853. The molecule has 0 radical (unpaired) electrons. The lowest BCUT2D eigenvalue weighted by Gasteiger charge is -2.41. The fourth-order valence-electron chi connectivity index (χ4n) is 2.31. The van der Waals surface area contributed by atoms with Crippen LogP contribution in [0.1, 0.15) is 31.1 Å². The summed E-state index contributed by atoms with van der Waals surface area (Å²) in [4.78, 5) is 30.3. The van der Waals surface area contributed by atoms with Crippen molar-refractivity contribution in [1.29, 1.82) is 0 Å². The monoisotopic (exact) mass is 276 g/mol. The zero-order valence-corrected chi connectivity index (χ0v) is 12.1. The SMILES string of the molecule is CCNc1ccncc1C(=O)N1CCNC(=O)C1(C)C. The standard InChI is InChI=1S/C14H20N4O2/c1-4-16-11-5-6-15-9-10(11)12(19)18-8-7-17-13(20)14(18,2)3/h5-6,9H,4,7-8H2,1-3H3,(H,15,16)(H,17,20). The highest BCUT2D eigenvalue weighted by molar-refractivity contribution is 6.03. The van der Waals surface area contributed by atoms with Crippen molar-refractivity contribution < 1.29 is 9.59 Å². The number of rotatable bonds is 3. The maximum absolute atomic E-state index is 12.7. The number of hydrogen-bond acceptors (Lipinski definition) is 4. The fraction of sp³-hybridized carbons (Fsp3) is 0.500. The van der Waals surface area contributed by atoms with Crippen molar-refractivity contribution in [3.8, 4) is 0 Å². The van der Waals surface area contributed by atoms with Gasteiger partial charge < -0.3 is 15.5 Å². The van der Waals surface area contributed by atoms with Gasteiger partial charge in [-0.2, -0.15) is 0 Å². The second-order valence-corrected chi connectivity index (χ2v) is 5.22. The van der Waals surface area contributed by atoms with Crippen LogP contribution in [-0.4, -0.2) is 46.9 Å². The summed E-state index contributed by atoms with van der Waals surface area (Å²) in [6, 6.07) is 1.77. The Hall–Kier alpha value is -2.11. The third-order valence-electron chi connectivity index (χ3n) is 3.52. The quantitative estimate of drug-likeness (QED) is 0.859. The molecule has 0 aromatic carbocycles. The van der Waals surface area contributed by atoms with Gasteiger partial charge in [0.1, 0.15) is 5.54 Å². The molecule has 0 bridgehead atoms. The van der Waals surface area contributed by atoms with Crippen LogP contribution in [0.3, 0.4) is 0 Å². The summed E-state index contributed by atoms with van der Waals surface area (Å²) in [5.74, 6) is -0.306. The van der Waals surface area contributed by atoms with Gasteiger partial charge in [0.2, 0.25) is 5.91 Å². The van der Waals surface area contributed by atoms with Crippen LogP contribution in [-0.2, 0) is 4.79 Å². The summed E-state index contributed by atoms with van der Waals surface area (Å²) in [6.07, 6.45) is 3.19. The van der Waals surface area contributed by atoms with Crippen molar-refractivity contribution in [2.45, 2.75) is 26.3 Å². The predicted molar refractivity (Wildman–Crippen MR) is 76.5 cm³/mol. The Morgan fingerprint density at radius 3 is 3.00 bits per heavy atom. The third-order valence-corrected chi connectivity index (χ3v) is 3.52. The van der Waals surface area contributed by atoms with Crippen LogP contribution in [0.15, 0.2) is 18.5 Å². The molecular weight excluding hydrogens is 256 g/mol. The van der Waals surface area contributed by atoms with Gasteiger partial charge in [-0.25, -0.2) is 0 Å². The molecule has 2 rings (SSSR count). The first-order chi connectivity index (χ1) is 9.48. The zero-order chi connectivity index (χ0) is 14.8. The van der Waals surface area contributed by atoms with Gasteiger partial charge in [0.05, 0.1) is 11.3 Å². The predicted octanol–water partition coefficient (Wildman–Crippen LogP) is 0.864. The Bertz CT molecular complexity index is 528. The number of anilines is 1.